The Morgan fingerprint density at radius 3 is 2.29 bits per heavy atom. The van der Waals surface area contributed by atoms with Crippen LogP contribution < -0.4 is 5.73 Å². The molecular formula is C25H23N5O. The van der Waals surface area contributed by atoms with E-state index in [1.807, 2.05) is 42.5 Å². The fourth-order valence-corrected chi connectivity index (χ4v) is 4.01. The molecule has 2 aromatic heterocycles. The minimum atomic E-state index is 0.209. The van der Waals surface area contributed by atoms with Crippen molar-refractivity contribution in [1.82, 2.24) is 19.7 Å². The van der Waals surface area contributed by atoms with Crippen LogP contribution in [0.2, 0.25) is 0 Å². The lowest BCUT2D eigenvalue weighted by atomic mass is 10.0. The van der Waals surface area contributed by atoms with Crippen molar-refractivity contribution >= 4 is 11.0 Å². The second-order valence-corrected chi connectivity index (χ2v) is 7.63. The topological polar surface area (TPSA) is 82.8 Å². The highest BCUT2D eigenvalue weighted by molar-refractivity contribution is 5.85. The summed E-state index contributed by atoms with van der Waals surface area (Å²) in [6, 6.07) is 22.6. The van der Waals surface area contributed by atoms with Gasteiger partial charge in [-0.2, -0.15) is 0 Å². The summed E-state index contributed by atoms with van der Waals surface area (Å²) in [5, 5.41) is 8.24. The van der Waals surface area contributed by atoms with E-state index >= 15 is 0 Å². The lowest BCUT2D eigenvalue weighted by molar-refractivity contribution is 0.509. The van der Waals surface area contributed by atoms with Crippen molar-refractivity contribution in [3.8, 4) is 22.8 Å². The molecule has 2 heterocycles. The van der Waals surface area contributed by atoms with E-state index in [1.165, 1.54) is 16.7 Å². The van der Waals surface area contributed by atoms with Crippen LogP contribution in [0.25, 0.3) is 33.9 Å². The number of rotatable bonds is 5. The van der Waals surface area contributed by atoms with Crippen molar-refractivity contribution in [2.75, 3.05) is 0 Å². The van der Waals surface area contributed by atoms with E-state index in [-0.39, 0.29) is 6.54 Å². The van der Waals surface area contributed by atoms with E-state index in [4.69, 9.17) is 15.1 Å². The number of nitrogens with zero attached hydrogens (tertiary/aromatic N) is 4. The van der Waals surface area contributed by atoms with Gasteiger partial charge in [0.15, 0.2) is 0 Å². The molecule has 0 aliphatic heterocycles. The number of imidazole rings is 1. The predicted octanol–water partition coefficient (Wildman–Crippen LogP) is 4.88. The van der Waals surface area contributed by atoms with Crippen LogP contribution in [0, 0.1) is 13.8 Å². The average molecular weight is 409 g/mol. The van der Waals surface area contributed by atoms with Gasteiger partial charge in [-0.25, -0.2) is 4.98 Å². The summed E-state index contributed by atoms with van der Waals surface area (Å²) in [6.07, 6.45) is 0. The van der Waals surface area contributed by atoms with Crippen molar-refractivity contribution in [1.29, 1.82) is 0 Å². The standard InChI is InChI=1S/C25H23N5O/c1-16-8-7-9-17(2)20(16)15-30-22-13-6-5-12-21(22)27-24(30)18-10-3-4-11-19(18)25-29-28-23(14-26)31-25/h3-13H,14-15,26H2,1-2H3. The van der Waals surface area contributed by atoms with Crippen LogP contribution in [0.15, 0.2) is 71.1 Å². The molecule has 0 aliphatic rings. The summed E-state index contributed by atoms with van der Waals surface area (Å²) in [5.74, 6) is 1.72. The Kier molecular flexibility index (Phi) is 4.84. The maximum absolute atomic E-state index is 5.77. The Morgan fingerprint density at radius 2 is 1.55 bits per heavy atom. The number of aryl methyl sites for hydroxylation is 2. The van der Waals surface area contributed by atoms with Crippen molar-refractivity contribution < 1.29 is 4.42 Å². The quantitative estimate of drug-likeness (QED) is 0.447. The fraction of sp³-hybridized carbons (Fsp3) is 0.160. The van der Waals surface area contributed by atoms with Gasteiger partial charge in [0.1, 0.15) is 5.82 Å². The molecule has 5 rings (SSSR count). The monoisotopic (exact) mass is 409 g/mol. The van der Waals surface area contributed by atoms with E-state index in [0.29, 0.717) is 11.8 Å². The van der Waals surface area contributed by atoms with E-state index in [9.17, 15) is 0 Å². The van der Waals surface area contributed by atoms with Gasteiger partial charge in [-0.3, -0.25) is 0 Å². The van der Waals surface area contributed by atoms with Gasteiger partial charge in [0.2, 0.25) is 11.8 Å². The molecule has 0 atom stereocenters. The van der Waals surface area contributed by atoms with Crippen LogP contribution >= 0.6 is 0 Å². The van der Waals surface area contributed by atoms with Crippen LogP contribution in [-0.2, 0) is 13.1 Å². The number of aromatic nitrogens is 4. The number of hydrogen-bond donors (Lipinski definition) is 1. The van der Waals surface area contributed by atoms with E-state index in [1.54, 1.807) is 0 Å². The van der Waals surface area contributed by atoms with Gasteiger partial charge in [-0.15, -0.1) is 10.2 Å². The first-order valence-corrected chi connectivity index (χ1v) is 10.3. The second kappa shape index (κ2) is 7.81. The summed E-state index contributed by atoms with van der Waals surface area (Å²) in [7, 11) is 0. The summed E-state index contributed by atoms with van der Waals surface area (Å²) < 4.78 is 8.03. The molecule has 0 saturated heterocycles. The maximum Gasteiger partial charge on any atom is 0.248 e. The summed E-state index contributed by atoms with van der Waals surface area (Å²) in [4.78, 5) is 5.00. The SMILES string of the molecule is Cc1cccc(C)c1Cn1c(-c2ccccc2-c2nnc(CN)o2)nc2ccccc21. The first-order valence-electron chi connectivity index (χ1n) is 10.3. The molecule has 6 heteroatoms. The highest BCUT2D eigenvalue weighted by Crippen LogP contribution is 2.34. The molecular weight excluding hydrogens is 386 g/mol. The van der Waals surface area contributed by atoms with Crippen molar-refractivity contribution in [3.05, 3.63) is 89.3 Å². The average Bonchev–Trinajstić information content (AvgIpc) is 3.41. The molecule has 154 valence electrons. The molecule has 0 radical (unpaired) electrons. The van der Waals surface area contributed by atoms with E-state index < -0.39 is 0 Å². The van der Waals surface area contributed by atoms with Crippen LogP contribution in [0.1, 0.15) is 22.6 Å². The molecule has 0 bridgehead atoms. The molecule has 31 heavy (non-hydrogen) atoms. The zero-order chi connectivity index (χ0) is 21.4. The third-order valence-corrected chi connectivity index (χ3v) is 5.66. The lowest BCUT2D eigenvalue weighted by Crippen LogP contribution is -2.06. The third-order valence-electron chi connectivity index (χ3n) is 5.66. The molecule has 3 aromatic carbocycles. The number of nitrogens with two attached hydrogens (primary N) is 1. The molecule has 2 N–H and O–H groups in total. The Balaban J connectivity index is 1.73. The van der Waals surface area contributed by atoms with Crippen molar-refractivity contribution in [3.63, 3.8) is 0 Å². The van der Waals surface area contributed by atoms with Crippen LogP contribution in [-0.4, -0.2) is 19.7 Å². The van der Waals surface area contributed by atoms with Gasteiger partial charge in [-0.1, -0.05) is 48.5 Å². The fourth-order valence-electron chi connectivity index (χ4n) is 4.01. The smallest absolute Gasteiger partial charge is 0.248 e. The summed E-state index contributed by atoms with van der Waals surface area (Å²) in [5.41, 5.74) is 13.3. The zero-order valence-corrected chi connectivity index (χ0v) is 17.5. The molecule has 0 spiro atoms. The predicted molar refractivity (Wildman–Crippen MR) is 121 cm³/mol. The van der Waals surface area contributed by atoms with Crippen LogP contribution in [0.3, 0.4) is 0 Å². The van der Waals surface area contributed by atoms with Crippen molar-refractivity contribution in [2.24, 2.45) is 5.73 Å². The molecule has 6 nitrogen and oxygen atoms in total. The molecule has 0 fully saturated rings. The summed E-state index contributed by atoms with van der Waals surface area (Å²) in [6.45, 7) is 5.24. The minimum Gasteiger partial charge on any atom is -0.419 e. The van der Waals surface area contributed by atoms with Gasteiger partial charge in [0.05, 0.1) is 24.1 Å². The number of para-hydroxylation sites is 2. The Hall–Kier alpha value is -3.77. The molecule has 5 aromatic rings. The number of hydrogen-bond acceptors (Lipinski definition) is 5. The molecule has 0 unspecified atom stereocenters. The Labute approximate surface area is 180 Å². The summed E-state index contributed by atoms with van der Waals surface area (Å²) >= 11 is 0. The number of benzene rings is 3. The van der Waals surface area contributed by atoms with Crippen LogP contribution in [0.4, 0.5) is 0 Å². The third kappa shape index (κ3) is 3.41. The zero-order valence-electron chi connectivity index (χ0n) is 17.5. The molecule has 0 amide bonds. The Morgan fingerprint density at radius 1 is 0.839 bits per heavy atom. The van der Waals surface area contributed by atoms with Gasteiger partial charge in [-0.05, 0) is 48.7 Å². The van der Waals surface area contributed by atoms with Gasteiger partial charge in [0, 0.05) is 11.1 Å². The van der Waals surface area contributed by atoms with E-state index in [2.05, 4.69) is 52.9 Å². The molecule has 0 aliphatic carbocycles. The van der Waals surface area contributed by atoms with E-state index in [0.717, 1.165) is 34.5 Å². The molecule has 0 saturated carbocycles. The van der Waals surface area contributed by atoms with Crippen molar-refractivity contribution in [2.45, 2.75) is 26.9 Å². The Bertz CT molecular complexity index is 1360. The normalized spacial score (nSPS) is 11.3. The minimum absolute atomic E-state index is 0.209. The highest BCUT2D eigenvalue weighted by atomic mass is 16.4. The van der Waals surface area contributed by atoms with Gasteiger partial charge in [0.25, 0.3) is 0 Å². The van der Waals surface area contributed by atoms with Gasteiger partial charge < -0.3 is 14.7 Å². The second-order valence-electron chi connectivity index (χ2n) is 7.63. The highest BCUT2D eigenvalue weighted by Gasteiger charge is 2.20. The lowest BCUT2D eigenvalue weighted by Gasteiger charge is -2.15. The first-order chi connectivity index (χ1) is 15.2. The largest absolute Gasteiger partial charge is 0.419 e. The first kappa shape index (κ1) is 19.2. The number of fused-ring (bicyclic) bond motifs is 1. The van der Waals surface area contributed by atoms with Gasteiger partial charge >= 0.3 is 0 Å². The van der Waals surface area contributed by atoms with Crippen LogP contribution in [0.5, 0.6) is 0 Å². The maximum atomic E-state index is 5.77.